The molecule has 4 heteroatoms. The van der Waals surface area contributed by atoms with Crippen molar-refractivity contribution in [1.82, 2.24) is 4.57 Å². The zero-order chi connectivity index (χ0) is 14.6. The second-order valence-corrected chi connectivity index (χ2v) is 6.25. The minimum atomic E-state index is 0.151. The summed E-state index contributed by atoms with van der Waals surface area (Å²) in [6, 6.07) is 6.13. The molecule has 4 heterocycles. The van der Waals surface area contributed by atoms with Gasteiger partial charge in [0.25, 0.3) is 0 Å². The average Bonchev–Trinajstić information content (AvgIpc) is 2.84. The van der Waals surface area contributed by atoms with Crippen LogP contribution in [0.4, 0.5) is 5.82 Å². The molecule has 0 unspecified atom stereocenters. The molecule has 2 bridgehead atoms. The summed E-state index contributed by atoms with van der Waals surface area (Å²) in [5.74, 6) is 2.18. The Bertz CT molecular complexity index is 723. The Morgan fingerprint density at radius 3 is 2.81 bits per heavy atom. The summed E-state index contributed by atoms with van der Waals surface area (Å²) < 4.78 is 2.30. The van der Waals surface area contributed by atoms with Crippen LogP contribution in [0.3, 0.4) is 0 Å². The largest absolute Gasteiger partial charge is 0.358 e. The summed E-state index contributed by atoms with van der Waals surface area (Å²) in [7, 11) is 2.14. The van der Waals surface area contributed by atoms with Crippen molar-refractivity contribution in [3.8, 4) is 0 Å². The molecule has 0 amide bonds. The molecule has 2 N–H and O–H groups in total. The molecule has 1 aromatic carbocycles. The lowest BCUT2D eigenvalue weighted by atomic mass is 9.84. The number of hydrogen-bond acceptors (Lipinski definition) is 3. The third-order valence-electron chi connectivity index (χ3n) is 5.10. The number of aromatic nitrogens is 1. The number of piperidine rings is 1. The Morgan fingerprint density at radius 2 is 2.10 bits per heavy atom. The molecule has 0 atom stereocenters. The van der Waals surface area contributed by atoms with Crippen LogP contribution < -0.4 is 10.6 Å². The van der Waals surface area contributed by atoms with Crippen molar-refractivity contribution >= 4 is 22.5 Å². The molecule has 0 aliphatic carbocycles. The van der Waals surface area contributed by atoms with Gasteiger partial charge >= 0.3 is 0 Å². The van der Waals surface area contributed by atoms with Crippen LogP contribution in [0.25, 0.3) is 10.9 Å². The number of hydrogen-bond donors (Lipinski definition) is 1. The number of rotatable bonds is 3. The fourth-order valence-corrected chi connectivity index (χ4v) is 4.07. The summed E-state index contributed by atoms with van der Waals surface area (Å²) >= 11 is 0. The zero-order valence-electron chi connectivity index (χ0n) is 12.4. The summed E-state index contributed by atoms with van der Waals surface area (Å²) in [4.78, 5) is 14.6. The highest BCUT2D eigenvalue weighted by Crippen LogP contribution is 2.47. The lowest BCUT2D eigenvalue weighted by Gasteiger charge is -2.41. The molecule has 0 saturated carbocycles. The summed E-state index contributed by atoms with van der Waals surface area (Å²) in [6.07, 6.45) is 2.91. The molecule has 0 spiro atoms. The molecule has 1 fully saturated rings. The third-order valence-corrected chi connectivity index (χ3v) is 5.10. The molecular weight excluding hydrogens is 262 g/mol. The van der Waals surface area contributed by atoms with Gasteiger partial charge in [0.05, 0.1) is 0 Å². The Labute approximate surface area is 124 Å². The number of nitrogens with two attached hydrogens (primary N) is 1. The van der Waals surface area contributed by atoms with Crippen LogP contribution in [0.2, 0.25) is 0 Å². The minimum Gasteiger partial charge on any atom is -0.358 e. The average molecular weight is 283 g/mol. The molecule has 110 valence electrons. The standard InChI is InChI=1S/C17H21N3O/c1-19-14-3-2-12(15(21)4-7-18)10-13(14)16-11-5-8-20(9-6-11)17(16)19/h2-3,10-11H,4-9,18H2,1H3. The summed E-state index contributed by atoms with van der Waals surface area (Å²) in [5, 5.41) is 1.27. The second kappa shape index (κ2) is 4.60. The molecule has 21 heavy (non-hydrogen) atoms. The van der Waals surface area contributed by atoms with Gasteiger partial charge in [0.1, 0.15) is 5.82 Å². The number of carbonyl (C=O) groups is 1. The van der Waals surface area contributed by atoms with Gasteiger partial charge in [-0.15, -0.1) is 0 Å². The third kappa shape index (κ3) is 1.75. The highest BCUT2D eigenvalue weighted by Gasteiger charge is 2.35. The van der Waals surface area contributed by atoms with E-state index in [0.717, 1.165) is 5.56 Å². The van der Waals surface area contributed by atoms with Gasteiger partial charge < -0.3 is 15.2 Å². The first kappa shape index (κ1) is 12.9. The Kier molecular flexibility index (Phi) is 2.82. The summed E-state index contributed by atoms with van der Waals surface area (Å²) in [6.45, 7) is 2.75. The highest BCUT2D eigenvalue weighted by molar-refractivity contribution is 6.02. The van der Waals surface area contributed by atoms with Crippen molar-refractivity contribution in [2.75, 3.05) is 24.5 Å². The molecule has 4 nitrogen and oxygen atoms in total. The molecule has 3 aliphatic heterocycles. The highest BCUT2D eigenvalue weighted by atomic mass is 16.1. The second-order valence-electron chi connectivity index (χ2n) is 6.25. The van der Waals surface area contributed by atoms with Crippen molar-refractivity contribution in [1.29, 1.82) is 0 Å². The molecule has 3 aliphatic rings. The SMILES string of the molecule is Cn1c2c(c3cc(C(=O)CCN)ccc31)C1CCN2CC1. The number of anilines is 1. The molecule has 1 saturated heterocycles. The van der Waals surface area contributed by atoms with Gasteiger partial charge in [-0.3, -0.25) is 4.79 Å². The molecule has 5 rings (SSSR count). The lowest BCUT2D eigenvalue weighted by molar-refractivity contribution is 0.0985. The number of nitrogens with zero attached hydrogens (tertiary/aromatic N) is 2. The maximum absolute atomic E-state index is 12.1. The van der Waals surface area contributed by atoms with Gasteiger partial charge in [-0.05, 0) is 43.5 Å². The zero-order valence-corrected chi connectivity index (χ0v) is 12.4. The maximum Gasteiger partial charge on any atom is 0.164 e. The fraction of sp³-hybridized carbons (Fsp3) is 0.471. The van der Waals surface area contributed by atoms with Gasteiger partial charge in [0.2, 0.25) is 0 Å². The van der Waals surface area contributed by atoms with E-state index in [4.69, 9.17) is 5.73 Å². The number of Topliss-reactive ketones (excluding diaryl/α,β-unsaturated/α-hetero) is 1. The van der Waals surface area contributed by atoms with Crippen LogP contribution in [0.15, 0.2) is 18.2 Å². The van der Waals surface area contributed by atoms with E-state index in [1.165, 1.54) is 48.2 Å². The molecule has 0 radical (unpaired) electrons. The maximum atomic E-state index is 12.1. The van der Waals surface area contributed by atoms with E-state index in [0.29, 0.717) is 18.9 Å². The van der Waals surface area contributed by atoms with Crippen LogP contribution in [-0.4, -0.2) is 30.0 Å². The Hall–Kier alpha value is -1.81. The van der Waals surface area contributed by atoms with E-state index in [1.54, 1.807) is 0 Å². The molecular formula is C17H21N3O. The van der Waals surface area contributed by atoms with Crippen LogP contribution in [0, 0.1) is 0 Å². The van der Waals surface area contributed by atoms with Gasteiger partial charge in [-0.25, -0.2) is 0 Å². The van der Waals surface area contributed by atoms with Crippen LogP contribution in [0.1, 0.15) is 41.1 Å². The van der Waals surface area contributed by atoms with E-state index in [2.05, 4.69) is 28.6 Å². The fourth-order valence-electron chi connectivity index (χ4n) is 4.07. The van der Waals surface area contributed by atoms with Gasteiger partial charge in [-0.1, -0.05) is 0 Å². The van der Waals surface area contributed by atoms with Crippen molar-refractivity contribution in [2.45, 2.75) is 25.2 Å². The number of ketones is 1. The van der Waals surface area contributed by atoms with Gasteiger partial charge in [-0.2, -0.15) is 0 Å². The Morgan fingerprint density at radius 1 is 1.33 bits per heavy atom. The number of benzene rings is 1. The predicted molar refractivity (Wildman–Crippen MR) is 85.1 cm³/mol. The van der Waals surface area contributed by atoms with E-state index in [1.807, 2.05) is 6.07 Å². The van der Waals surface area contributed by atoms with Gasteiger partial charge in [0.15, 0.2) is 5.78 Å². The lowest BCUT2D eigenvalue weighted by Crippen LogP contribution is -2.39. The van der Waals surface area contributed by atoms with E-state index in [9.17, 15) is 4.79 Å². The van der Waals surface area contributed by atoms with E-state index >= 15 is 0 Å². The normalized spacial score (nSPS) is 17.5. The van der Waals surface area contributed by atoms with Gasteiger partial charge in [0, 0.05) is 48.6 Å². The summed E-state index contributed by atoms with van der Waals surface area (Å²) in [5.41, 5.74) is 9.02. The number of fused-ring (bicyclic) bond motifs is 3. The first-order chi connectivity index (χ1) is 10.2. The Balaban J connectivity index is 1.92. The first-order valence-corrected chi connectivity index (χ1v) is 7.81. The van der Waals surface area contributed by atoms with Crippen LogP contribution in [-0.2, 0) is 7.05 Å². The molecule has 2 aromatic rings. The van der Waals surface area contributed by atoms with Crippen molar-refractivity contribution in [3.05, 3.63) is 29.3 Å². The minimum absolute atomic E-state index is 0.151. The predicted octanol–water partition coefficient (Wildman–Crippen LogP) is 2.41. The number of carbonyl (C=O) groups excluding carboxylic acids is 1. The smallest absolute Gasteiger partial charge is 0.164 e. The quantitative estimate of drug-likeness (QED) is 0.880. The number of aryl methyl sites for hydroxylation is 1. The van der Waals surface area contributed by atoms with E-state index < -0.39 is 0 Å². The van der Waals surface area contributed by atoms with Crippen LogP contribution >= 0.6 is 0 Å². The van der Waals surface area contributed by atoms with E-state index in [-0.39, 0.29) is 5.78 Å². The topological polar surface area (TPSA) is 51.3 Å². The van der Waals surface area contributed by atoms with Crippen LogP contribution in [0.5, 0.6) is 0 Å². The van der Waals surface area contributed by atoms with Crippen molar-refractivity contribution in [3.63, 3.8) is 0 Å². The van der Waals surface area contributed by atoms with Crippen molar-refractivity contribution < 1.29 is 4.79 Å². The first-order valence-electron chi connectivity index (χ1n) is 7.81. The van der Waals surface area contributed by atoms with Crippen molar-refractivity contribution in [2.24, 2.45) is 12.8 Å². The molecule has 1 aromatic heterocycles. The monoisotopic (exact) mass is 283 g/mol.